The van der Waals surface area contributed by atoms with E-state index in [1.165, 1.54) is 44.1 Å². The molecule has 3 rings (SSSR count). The van der Waals surface area contributed by atoms with Crippen molar-refractivity contribution in [2.75, 3.05) is 0 Å². The van der Waals surface area contributed by atoms with Crippen molar-refractivity contribution in [3.05, 3.63) is 46.7 Å². The number of benzene rings is 2. The summed E-state index contributed by atoms with van der Waals surface area (Å²) in [7, 11) is 0. The van der Waals surface area contributed by atoms with Crippen LogP contribution in [-0.2, 0) is 0 Å². The Bertz CT molecular complexity index is 627. The Labute approximate surface area is 131 Å². The topological polar surface area (TPSA) is 0 Å². The summed E-state index contributed by atoms with van der Waals surface area (Å²) in [6, 6.07) is 9.71. The largest absolute Gasteiger partial charge is 0.205 e. The molecule has 0 aromatic heterocycles. The molecule has 2 heteroatoms. The quantitative estimate of drug-likeness (QED) is 0.591. The molecular weight excluding hydrogens is 283 g/mol. The highest BCUT2D eigenvalue weighted by Crippen LogP contribution is 2.38. The van der Waals surface area contributed by atoms with Crippen LogP contribution in [0.5, 0.6) is 0 Å². The average molecular weight is 305 g/mol. The van der Waals surface area contributed by atoms with Gasteiger partial charge in [-0.1, -0.05) is 55.6 Å². The van der Waals surface area contributed by atoms with Gasteiger partial charge in [0, 0.05) is 5.39 Å². The molecule has 0 bridgehead atoms. The lowest BCUT2D eigenvalue weighted by atomic mass is 9.77. The van der Waals surface area contributed by atoms with Gasteiger partial charge in [-0.05, 0) is 54.5 Å². The molecule has 0 aliphatic heterocycles. The predicted octanol–water partition coefficient (Wildman–Crippen LogP) is 6.71. The van der Waals surface area contributed by atoms with Crippen molar-refractivity contribution in [2.45, 2.75) is 51.4 Å². The molecule has 1 aliphatic carbocycles. The van der Waals surface area contributed by atoms with Crippen molar-refractivity contribution in [1.29, 1.82) is 0 Å². The first-order valence-electron chi connectivity index (χ1n) is 8.06. The van der Waals surface area contributed by atoms with Gasteiger partial charge in [0.1, 0.15) is 5.82 Å². The summed E-state index contributed by atoms with van der Waals surface area (Å²) in [4.78, 5) is 0. The van der Waals surface area contributed by atoms with E-state index in [9.17, 15) is 4.39 Å². The standard InChI is InChI=1S/C19H22ClF/c1-2-3-13-4-6-14(7-5-13)15-8-10-17-16(12-15)9-11-18(20)19(17)21/h8-14H,2-7H2,1H3. The van der Waals surface area contributed by atoms with Crippen molar-refractivity contribution >= 4 is 22.4 Å². The van der Waals surface area contributed by atoms with Crippen LogP contribution < -0.4 is 0 Å². The zero-order chi connectivity index (χ0) is 14.8. The van der Waals surface area contributed by atoms with Crippen LogP contribution in [0, 0.1) is 11.7 Å². The van der Waals surface area contributed by atoms with Crippen molar-refractivity contribution in [1.82, 2.24) is 0 Å². The number of hydrogen-bond acceptors (Lipinski definition) is 0. The second kappa shape index (κ2) is 6.36. The number of halogens is 2. The lowest BCUT2D eigenvalue weighted by Crippen LogP contribution is -2.13. The molecule has 0 amide bonds. The minimum Gasteiger partial charge on any atom is -0.205 e. The first kappa shape index (κ1) is 14.8. The fourth-order valence-corrected chi connectivity index (χ4v) is 3.90. The fraction of sp³-hybridized carbons (Fsp3) is 0.474. The average Bonchev–Trinajstić information content (AvgIpc) is 2.52. The molecule has 0 spiro atoms. The van der Waals surface area contributed by atoms with Crippen molar-refractivity contribution in [3.8, 4) is 0 Å². The van der Waals surface area contributed by atoms with E-state index in [0.717, 1.165) is 11.3 Å². The summed E-state index contributed by atoms with van der Waals surface area (Å²) in [6.45, 7) is 2.27. The van der Waals surface area contributed by atoms with Gasteiger partial charge in [0.2, 0.25) is 0 Å². The van der Waals surface area contributed by atoms with Gasteiger partial charge in [-0.25, -0.2) is 4.39 Å². The molecule has 2 aromatic carbocycles. The summed E-state index contributed by atoms with van der Waals surface area (Å²) in [6.07, 6.45) is 7.88. The van der Waals surface area contributed by atoms with Crippen molar-refractivity contribution < 1.29 is 4.39 Å². The Morgan fingerprint density at radius 1 is 1.10 bits per heavy atom. The van der Waals surface area contributed by atoms with Crippen LogP contribution in [-0.4, -0.2) is 0 Å². The molecule has 0 radical (unpaired) electrons. The lowest BCUT2D eigenvalue weighted by Gasteiger charge is -2.28. The molecular formula is C19H22ClF. The number of fused-ring (bicyclic) bond motifs is 1. The van der Waals surface area contributed by atoms with Gasteiger partial charge in [-0.3, -0.25) is 0 Å². The Balaban J connectivity index is 1.81. The third kappa shape index (κ3) is 3.08. The van der Waals surface area contributed by atoms with Crippen LogP contribution in [0.3, 0.4) is 0 Å². The van der Waals surface area contributed by atoms with E-state index in [1.807, 2.05) is 12.1 Å². The highest BCUT2D eigenvalue weighted by molar-refractivity contribution is 6.31. The summed E-state index contributed by atoms with van der Waals surface area (Å²) in [5.41, 5.74) is 1.36. The minimum atomic E-state index is -0.299. The van der Waals surface area contributed by atoms with E-state index in [0.29, 0.717) is 11.3 Å². The highest BCUT2D eigenvalue weighted by atomic mass is 35.5. The second-order valence-corrected chi connectivity index (χ2v) is 6.76. The zero-order valence-electron chi connectivity index (χ0n) is 12.5. The van der Waals surface area contributed by atoms with E-state index in [-0.39, 0.29) is 10.8 Å². The maximum atomic E-state index is 14.0. The molecule has 112 valence electrons. The summed E-state index contributed by atoms with van der Waals surface area (Å²) >= 11 is 5.85. The van der Waals surface area contributed by atoms with E-state index in [4.69, 9.17) is 11.6 Å². The van der Waals surface area contributed by atoms with Gasteiger partial charge in [0.05, 0.1) is 5.02 Å². The number of rotatable bonds is 3. The van der Waals surface area contributed by atoms with Gasteiger partial charge in [0.25, 0.3) is 0 Å². The lowest BCUT2D eigenvalue weighted by molar-refractivity contribution is 0.308. The van der Waals surface area contributed by atoms with Crippen LogP contribution in [0.15, 0.2) is 30.3 Å². The van der Waals surface area contributed by atoms with Gasteiger partial charge in [-0.15, -0.1) is 0 Å². The van der Waals surface area contributed by atoms with Gasteiger partial charge >= 0.3 is 0 Å². The molecule has 21 heavy (non-hydrogen) atoms. The Hall–Kier alpha value is -1.08. The van der Waals surface area contributed by atoms with Crippen LogP contribution >= 0.6 is 11.6 Å². The predicted molar refractivity (Wildman–Crippen MR) is 88.5 cm³/mol. The van der Waals surface area contributed by atoms with Crippen LogP contribution in [0.1, 0.15) is 56.9 Å². The molecule has 0 N–H and O–H groups in total. The maximum Gasteiger partial charge on any atom is 0.149 e. The molecule has 0 atom stereocenters. The second-order valence-electron chi connectivity index (χ2n) is 6.35. The van der Waals surface area contributed by atoms with Crippen molar-refractivity contribution in [3.63, 3.8) is 0 Å². The van der Waals surface area contributed by atoms with E-state index >= 15 is 0 Å². The summed E-state index contributed by atoms with van der Waals surface area (Å²) in [5, 5.41) is 1.80. The smallest absolute Gasteiger partial charge is 0.149 e. The molecule has 0 unspecified atom stereocenters. The first-order valence-corrected chi connectivity index (χ1v) is 8.44. The minimum absolute atomic E-state index is 0.204. The Kier molecular flexibility index (Phi) is 4.49. The molecule has 0 heterocycles. The monoisotopic (exact) mass is 304 g/mol. The fourth-order valence-electron chi connectivity index (χ4n) is 3.73. The van der Waals surface area contributed by atoms with Crippen LogP contribution in [0.4, 0.5) is 4.39 Å². The number of hydrogen-bond donors (Lipinski definition) is 0. The maximum absolute atomic E-state index is 14.0. The zero-order valence-corrected chi connectivity index (χ0v) is 13.3. The summed E-state index contributed by atoms with van der Waals surface area (Å²) < 4.78 is 14.0. The van der Waals surface area contributed by atoms with Gasteiger partial charge < -0.3 is 0 Å². The van der Waals surface area contributed by atoms with E-state index in [1.54, 1.807) is 6.07 Å². The van der Waals surface area contributed by atoms with Gasteiger partial charge in [0.15, 0.2) is 0 Å². The SMILES string of the molecule is CCCC1CCC(c2ccc3c(F)c(Cl)ccc3c2)CC1. The summed E-state index contributed by atoms with van der Waals surface area (Å²) in [5.74, 6) is 1.26. The first-order chi connectivity index (χ1) is 10.2. The van der Waals surface area contributed by atoms with E-state index < -0.39 is 0 Å². The van der Waals surface area contributed by atoms with Crippen LogP contribution in [0.25, 0.3) is 10.8 Å². The Morgan fingerprint density at radius 3 is 2.57 bits per heavy atom. The van der Waals surface area contributed by atoms with Gasteiger partial charge in [-0.2, -0.15) is 0 Å². The normalized spacial score (nSPS) is 22.6. The Morgan fingerprint density at radius 2 is 1.86 bits per heavy atom. The van der Waals surface area contributed by atoms with Crippen molar-refractivity contribution in [2.24, 2.45) is 5.92 Å². The molecule has 2 aromatic rings. The third-order valence-electron chi connectivity index (χ3n) is 4.95. The molecule has 1 fully saturated rings. The molecule has 1 saturated carbocycles. The van der Waals surface area contributed by atoms with E-state index in [2.05, 4.69) is 19.1 Å². The highest BCUT2D eigenvalue weighted by Gasteiger charge is 2.22. The molecule has 1 aliphatic rings. The third-order valence-corrected chi connectivity index (χ3v) is 5.24. The van der Waals surface area contributed by atoms with Crippen LogP contribution in [0.2, 0.25) is 5.02 Å². The molecule has 0 saturated heterocycles. The molecule has 0 nitrogen and oxygen atoms in total.